The summed E-state index contributed by atoms with van der Waals surface area (Å²) in [6.45, 7) is 9.34. The Morgan fingerprint density at radius 2 is 1.75 bits per heavy atom. The van der Waals surface area contributed by atoms with Crippen LogP contribution in [0.25, 0.3) is 0 Å². The second-order valence-electron chi connectivity index (χ2n) is 8.52. The van der Waals surface area contributed by atoms with Gasteiger partial charge in [-0.3, -0.25) is 9.80 Å². The highest BCUT2D eigenvalue weighted by Gasteiger charge is 2.27. The molecule has 1 saturated heterocycles. The van der Waals surface area contributed by atoms with Gasteiger partial charge in [-0.15, -0.1) is 0 Å². The zero-order valence-electron chi connectivity index (χ0n) is 19.6. The van der Waals surface area contributed by atoms with E-state index in [-0.39, 0.29) is 13.2 Å². The van der Waals surface area contributed by atoms with Crippen molar-refractivity contribution in [3.63, 3.8) is 0 Å². The molecule has 1 atom stereocenters. The van der Waals surface area contributed by atoms with Crippen molar-refractivity contribution in [2.45, 2.75) is 45.8 Å². The largest absolute Gasteiger partial charge is 0.496 e. The summed E-state index contributed by atoms with van der Waals surface area (Å²) in [6, 6.07) is 13.0. The minimum atomic E-state index is 0.101. The molecule has 172 valence electrons. The molecule has 1 fully saturated rings. The third-order valence-corrected chi connectivity index (χ3v) is 6.42. The van der Waals surface area contributed by atoms with Crippen LogP contribution in [0.2, 0.25) is 0 Å². The molecule has 2 aromatic carbocycles. The summed E-state index contributed by atoms with van der Waals surface area (Å²) in [4.78, 5) is 5.00. The molecule has 0 unspecified atom stereocenters. The van der Waals surface area contributed by atoms with Crippen molar-refractivity contribution in [3.8, 4) is 17.6 Å². The predicted octanol–water partition coefficient (Wildman–Crippen LogP) is 3.11. The van der Waals surface area contributed by atoms with E-state index in [4.69, 9.17) is 9.84 Å². The number of nitrogens with zero attached hydrogens (tertiary/aromatic N) is 2. The van der Waals surface area contributed by atoms with E-state index in [1.807, 2.05) is 0 Å². The van der Waals surface area contributed by atoms with Crippen LogP contribution in [0.15, 0.2) is 36.4 Å². The van der Waals surface area contributed by atoms with Crippen molar-refractivity contribution in [1.82, 2.24) is 9.80 Å². The third kappa shape index (κ3) is 6.34. The van der Waals surface area contributed by atoms with E-state index >= 15 is 0 Å². The van der Waals surface area contributed by atoms with E-state index in [2.05, 4.69) is 71.9 Å². The fourth-order valence-electron chi connectivity index (χ4n) is 4.37. The van der Waals surface area contributed by atoms with Crippen LogP contribution < -0.4 is 4.74 Å². The molecule has 0 bridgehead atoms. The van der Waals surface area contributed by atoms with Crippen LogP contribution in [0.3, 0.4) is 0 Å². The number of hydrogen-bond acceptors (Lipinski definition) is 5. The topological polar surface area (TPSA) is 56.2 Å². The molecule has 5 nitrogen and oxygen atoms in total. The standard InChI is InChI=1S/C27H36N2O3/c1-21-22(2)27(32-3)12-11-25(21)19-29-15-14-28(20-26(29)13-17-31)18-24-9-7-23(8-10-24)6-4-5-16-30/h7-12,26,30-31H,5,13-20H2,1-3H3/t26-/m1/s1. The average molecular weight is 437 g/mol. The van der Waals surface area contributed by atoms with Crippen molar-refractivity contribution in [1.29, 1.82) is 0 Å². The van der Waals surface area contributed by atoms with Gasteiger partial charge in [0.25, 0.3) is 0 Å². The molecular formula is C27H36N2O3. The van der Waals surface area contributed by atoms with Gasteiger partial charge in [0.2, 0.25) is 0 Å². The van der Waals surface area contributed by atoms with Gasteiger partial charge in [0, 0.05) is 57.4 Å². The summed E-state index contributed by atoms with van der Waals surface area (Å²) in [6.07, 6.45) is 1.29. The predicted molar refractivity (Wildman–Crippen MR) is 129 cm³/mol. The monoisotopic (exact) mass is 436 g/mol. The number of aliphatic hydroxyl groups excluding tert-OH is 2. The van der Waals surface area contributed by atoms with Crippen molar-refractivity contribution in [3.05, 3.63) is 64.2 Å². The molecule has 0 spiro atoms. The highest BCUT2D eigenvalue weighted by Crippen LogP contribution is 2.26. The number of aliphatic hydroxyl groups is 2. The van der Waals surface area contributed by atoms with E-state index in [0.717, 1.165) is 50.5 Å². The summed E-state index contributed by atoms with van der Waals surface area (Å²) in [5.74, 6) is 6.98. The first-order valence-corrected chi connectivity index (χ1v) is 11.4. The molecule has 3 rings (SSSR count). The van der Waals surface area contributed by atoms with Crippen LogP contribution in [-0.4, -0.2) is 66.0 Å². The highest BCUT2D eigenvalue weighted by atomic mass is 16.5. The van der Waals surface area contributed by atoms with Crippen molar-refractivity contribution in [2.24, 2.45) is 0 Å². The molecule has 1 aliphatic rings. The molecule has 5 heteroatoms. The summed E-state index contributed by atoms with van der Waals surface area (Å²) < 4.78 is 5.46. The Morgan fingerprint density at radius 3 is 2.44 bits per heavy atom. The second kappa shape index (κ2) is 12.0. The lowest BCUT2D eigenvalue weighted by Crippen LogP contribution is -2.52. The van der Waals surface area contributed by atoms with Gasteiger partial charge in [0.05, 0.1) is 13.7 Å². The number of methoxy groups -OCH3 is 1. The molecule has 2 aromatic rings. The number of rotatable bonds is 8. The fraction of sp³-hybridized carbons (Fsp3) is 0.481. The minimum Gasteiger partial charge on any atom is -0.496 e. The lowest BCUT2D eigenvalue weighted by atomic mass is 10.00. The molecule has 2 N–H and O–H groups in total. The molecule has 0 saturated carbocycles. The number of benzene rings is 2. The smallest absolute Gasteiger partial charge is 0.122 e. The van der Waals surface area contributed by atoms with Crippen LogP contribution in [0.4, 0.5) is 0 Å². The quantitative estimate of drug-likeness (QED) is 0.623. The highest BCUT2D eigenvalue weighted by molar-refractivity contribution is 5.43. The van der Waals surface area contributed by atoms with Gasteiger partial charge in [0.15, 0.2) is 0 Å². The molecule has 32 heavy (non-hydrogen) atoms. The number of ether oxygens (including phenoxy) is 1. The molecule has 1 heterocycles. The molecule has 0 aliphatic carbocycles. The summed E-state index contributed by atoms with van der Waals surface area (Å²) in [7, 11) is 1.72. The van der Waals surface area contributed by atoms with E-state index in [0.29, 0.717) is 12.5 Å². The maximum Gasteiger partial charge on any atom is 0.122 e. The summed E-state index contributed by atoms with van der Waals surface area (Å²) in [5, 5.41) is 18.5. The van der Waals surface area contributed by atoms with Gasteiger partial charge in [-0.1, -0.05) is 30.0 Å². The Hall–Kier alpha value is -2.36. The maximum atomic E-state index is 9.67. The summed E-state index contributed by atoms with van der Waals surface area (Å²) >= 11 is 0. The van der Waals surface area contributed by atoms with Gasteiger partial charge < -0.3 is 14.9 Å². The van der Waals surface area contributed by atoms with Gasteiger partial charge >= 0.3 is 0 Å². The van der Waals surface area contributed by atoms with Crippen LogP contribution >= 0.6 is 0 Å². The molecule has 0 amide bonds. The third-order valence-electron chi connectivity index (χ3n) is 6.42. The zero-order valence-corrected chi connectivity index (χ0v) is 19.6. The van der Waals surface area contributed by atoms with Crippen LogP contribution in [0.5, 0.6) is 5.75 Å². The van der Waals surface area contributed by atoms with E-state index in [1.165, 1.54) is 22.3 Å². The van der Waals surface area contributed by atoms with Crippen LogP contribution in [0.1, 0.15) is 40.7 Å². The molecule has 1 aliphatic heterocycles. The zero-order chi connectivity index (χ0) is 22.9. The average Bonchev–Trinajstić information content (AvgIpc) is 2.80. The first-order chi connectivity index (χ1) is 15.5. The van der Waals surface area contributed by atoms with Gasteiger partial charge in [-0.05, 0) is 60.7 Å². The van der Waals surface area contributed by atoms with Crippen molar-refractivity contribution in [2.75, 3.05) is 40.0 Å². The first kappa shape index (κ1) is 24.3. The van der Waals surface area contributed by atoms with Crippen molar-refractivity contribution >= 4 is 0 Å². The SMILES string of the molecule is COc1ccc(CN2CCN(Cc3ccc(C#CCCO)cc3)C[C@H]2CCO)c(C)c1C. The molecular weight excluding hydrogens is 400 g/mol. The van der Waals surface area contributed by atoms with E-state index < -0.39 is 0 Å². The number of piperazine rings is 1. The Bertz CT molecular complexity index is 930. The number of hydrogen-bond donors (Lipinski definition) is 2. The lowest BCUT2D eigenvalue weighted by molar-refractivity contribution is 0.0498. The van der Waals surface area contributed by atoms with Gasteiger partial charge in [-0.2, -0.15) is 0 Å². The Kier molecular flexibility index (Phi) is 9.13. The van der Waals surface area contributed by atoms with Crippen molar-refractivity contribution < 1.29 is 14.9 Å². The van der Waals surface area contributed by atoms with Gasteiger partial charge in [-0.25, -0.2) is 0 Å². The molecule has 0 radical (unpaired) electrons. The van der Waals surface area contributed by atoms with Gasteiger partial charge in [0.1, 0.15) is 5.75 Å². The minimum absolute atomic E-state index is 0.101. The Balaban J connectivity index is 1.62. The normalized spacial score (nSPS) is 17.1. The Labute approximate surface area is 192 Å². The molecule has 0 aromatic heterocycles. The Morgan fingerprint density at radius 1 is 0.969 bits per heavy atom. The fourth-order valence-corrected chi connectivity index (χ4v) is 4.37. The summed E-state index contributed by atoms with van der Waals surface area (Å²) in [5.41, 5.74) is 6.08. The van der Waals surface area contributed by atoms with Crippen LogP contribution in [0, 0.1) is 25.7 Å². The maximum absolute atomic E-state index is 9.67. The first-order valence-electron chi connectivity index (χ1n) is 11.4. The lowest BCUT2D eigenvalue weighted by Gasteiger charge is -2.41. The van der Waals surface area contributed by atoms with E-state index in [9.17, 15) is 5.11 Å². The van der Waals surface area contributed by atoms with E-state index in [1.54, 1.807) is 7.11 Å². The van der Waals surface area contributed by atoms with Crippen LogP contribution in [-0.2, 0) is 13.1 Å². The second-order valence-corrected chi connectivity index (χ2v) is 8.52.